The van der Waals surface area contributed by atoms with Gasteiger partial charge >= 0.3 is 0 Å². The molecule has 0 aliphatic heterocycles. The Morgan fingerprint density at radius 1 is 0.625 bits per heavy atom. The van der Waals surface area contributed by atoms with E-state index in [1.807, 2.05) is 66.7 Å². The first kappa shape index (κ1) is 14.4. The highest BCUT2D eigenvalue weighted by Crippen LogP contribution is 2.29. The topological polar surface area (TPSA) is 35.0 Å². The fourth-order valence-corrected chi connectivity index (χ4v) is 2.73. The second-order valence-electron chi connectivity index (χ2n) is 5.57. The molecule has 0 saturated heterocycles. The molecule has 4 aromatic rings. The molecule has 0 bridgehead atoms. The van der Waals surface area contributed by atoms with Crippen molar-refractivity contribution in [2.75, 3.05) is 0 Å². The van der Waals surface area contributed by atoms with Gasteiger partial charge in [-0.1, -0.05) is 66.7 Å². The maximum Gasteiger partial charge on any atom is 0.246 e. The monoisotopic (exact) mass is 312 g/mol. The molecule has 0 aliphatic carbocycles. The second kappa shape index (κ2) is 6.50. The van der Waals surface area contributed by atoms with Crippen molar-refractivity contribution in [1.29, 1.82) is 0 Å². The molecule has 3 heteroatoms. The van der Waals surface area contributed by atoms with Crippen molar-refractivity contribution in [3.8, 4) is 11.6 Å². The van der Waals surface area contributed by atoms with E-state index >= 15 is 0 Å². The van der Waals surface area contributed by atoms with Crippen LogP contribution in [0.4, 0.5) is 0 Å². The summed E-state index contributed by atoms with van der Waals surface area (Å²) in [5, 5.41) is 10.8. The summed E-state index contributed by atoms with van der Waals surface area (Å²) in [6, 6.07) is 28.1. The normalized spacial score (nSPS) is 10.7. The third-order valence-electron chi connectivity index (χ3n) is 3.90. The smallest absolute Gasteiger partial charge is 0.246 e. The zero-order valence-electron chi connectivity index (χ0n) is 13.1. The molecule has 3 aromatic carbocycles. The Bertz CT molecular complexity index is 873. The molecule has 0 saturated carbocycles. The van der Waals surface area contributed by atoms with Crippen molar-refractivity contribution < 1.29 is 4.74 Å². The minimum Gasteiger partial charge on any atom is -0.437 e. The van der Waals surface area contributed by atoms with Crippen molar-refractivity contribution in [1.82, 2.24) is 10.2 Å². The summed E-state index contributed by atoms with van der Waals surface area (Å²) in [6.07, 6.45) is 0.750. The molecule has 1 heterocycles. The van der Waals surface area contributed by atoms with Gasteiger partial charge in [-0.25, -0.2) is 0 Å². The Hall–Kier alpha value is -3.20. The minimum atomic E-state index is 0.536. The van der Waals surface area contributed by atoms with Gasteiger partial charge in [0.2, 0.25) is 5.88 Å². The van der Waals surface area contributed by atoms with E-state index in [4.69, 9.17) is 4.74 Å². The minimum absolute atomic E-state index is 0.536. The average Bonchev–Trinajstić information content (AvgIpc) is 2.65. The zero-order chi connectivity index (χ0) is 16.2. The highest BCUT2D eigenvalue weighted by atomic mass is 16.5. The SMILES string of the molecule is c1ccc(Cc2nnc(Oc3ccccc3)c3ccccc23)cc1. The van der Waals surface area contributed by atoms with E-state index in [2.05, 4.69) is 28.4 Å². The molecule has 3 nitrogen and oxygen atoms in total. The molecule has 0 radical (unpaired) electrons. The molecular formula is C21H16N2O. The van der Waals surface area contributed by atoms with Crippen molar-refractivity contribution >= 4 is 10.8 Å². The number of nitrogens with zero attached hydrogens (tertiary/aromatic N) is 2. The van der Waals surface area contributed by atoms with E-state index in [1.165, 1.54) is 5.56 Å². The van der Waals surface area contributed by atoms with Gasteiger partial charge in [0.1, 0.15) is 5.75 Å². The largest absolute Gasteiger partial charge is 0.437 e. The van der Waals surface area contributed by atoms with Gasteiger partial charge in [-0.2, -0.15) is 5.10 Å². The molecule has 0 amide bonds. The van der Waals surface area contributed by atoms with E-state index in [1.54, 1.807) is 0 Å². The van der Waals surface area contributed by atoms with Crippen LogP contribution >= 0.6 is 0 Å². The van der Waals surface area contributed by atoms with Crippen LogP contribution in [0, 0.1) is 0 Å². The van der Waals surface area contributed by atoms with Gasteiger partial charge in [0.05, 0.1) is 5.69 Å². The van der Waals surface area contributed by atoms with Gasteiger partial charge < -0.3 is 4.74 Å². The van der Waals surface area contributed by atoms with Gasteiger partial charge in [-0.05, 0) is 23.8 Å². The molecule has 0 aliphatic rings. The van der Waals surface area contributed by atoms with Crippen LogP contribution in [0.1, 0.15) is 11.3 Å². The average molecular weight is 312 g/mol. The third kappa shape index (κ3) is 2.97. The molecule has 116 valence electrons. The van der Waals surface area contributed by atoms with Crippen LogP contribution < -0.4 is 4.74 Å². The quantitative estimate of drug-likeness (QED) is 0.531. The summed E-state index contributed by atoms with van der Waals surface area (Å²) in [5.74, 6) is 1.29. The summed E-state index contributed by atoms with van der Waals surface area (Å²) in [6.45, 7) is 0. The Morgan fingerprint density at radius 2 is 1.25 bits per heavy atom. The summed E-state index contributed by atoms with van der Waals surface area (Å²) in [5.41, 5.74) is 2.17. The number of para-hydroxylation sites is 1. The molecule has 0 N–H and O–H groups in total. The Balaban J connectivity index is 1.74. The Labute approximate surface area is 140 Å². The third-order valence-corrected chi connectivity index (χ3v) is 3.90. The first-order valence-corrected chi connectivity index (χ1v) is 7.91. The summed E-state index contributed by atoms with van der Waals surface area (Å²) >= 11 is 0. The second-order valence-corrected chi connectivity index (χ2v) is 5.57. The van der Waals surface area contributed by atoms with Crippen molar-refractivity contribution in [3.63, 3.8) is 0 Å². The van der Waals surface area contributed by atoms with Crippen molar-refractivity contribution in [2.45, 2.75) is 6.42 Å². The Kier molecular flexibility index (Phi) is 3.90. The summed E-state index contributed by atoms with van der Waals surface area (Å²) in [7, 11) is 0. The predicted molar refractivity (Wildman–Crippen MR) is 95.3 cm³/mol. The van der Waals surface area contributed by atoms with Crippen LogP contribution in [-0.4, -0.2) is 10.2 Å². The lowest BCUT2D eigenvalue weighted by atomic mass is 10.0. The van der Waals surface area contributed by atoms with Crippen LogP contribution in [0.3, 0.4) is 0 Å². The molecule has 24 heavy (non-hydrogen) atoms. The highest BCUT2D eigenvalue weighted by Gasteiger charge is 2.11. The number of ether oxygens (including phenoxy) is 1. The fraction of sp³-hybridized carbons (Fsp3) is 0.0476. The summed E-state index contributed by atoms with van der Waals surface area (Å²) in [4.78, 5) is 0. The van der Waals surface area contributed by atoms with Crippen LogP contribution in [0.25, 0.3) is 10.8 Å². The highest BCUT2D eigenvalue weighted by molar-refractivity contribution is 5.88. The molecule has 0 unspecified atom stereocenters. The van der Waals surface area contributed by atoms with Gasteiger partial charge in [0, 0.05) is 17.2 Å². The lowest BCUT2D eigenvalue weighted by Gasteiger charge is -2.10. The van der Waals surface area contributed by atoms with Crippen LogP contribution in [0.5, 0.6) is 11.6 Å². The van der Waals surface area contributed by atoms with Gasteiger partial charge in [-0.3, -0.25) is 0 Å². The van der Waals surface area contributed by atoms with E-state index in [9.17, 15) is 0 Å². The number of hydrogen-bond acceptors (Lipinski definition) is 3. The first-order chi connectivity index (χ1) is 11.9. The van der Waals surface area contributed by atoms with E-state index in [0.29, 0.717) is 5.88 Å². The maximum absolute atomic E-state index is 5.92. The summed E-state index contributed by atoms with van der Waals surface area (Å²) < 4.78 is 5.92. The van der Waals surface area contributed by atoms with Crippen LogP contribution in [0.2, 0.25) is 0 Å². The van der Waals surface area contributed by atoms with Crippen LogP contribution in [-0.2, 0) is 6.42 Å². The molecule has 0 atom stereocenters. The fourth-order valence-electron chi connectivity index (χ4n) is 2.73. The van der Waals surface area contributed by atoms with Gasteiger partial charge in [-0.15, -0.1) is 5.10 Å². The number of fused-ring (bicyclic) bond motifs is 1. The van der Waals surface area contributed by atoms with E-state index < -0.39 is 0 Å². The number of aromatic nitrogens is 2. The molecular weight excluding hydrogens is 296 g/mol. The molecule has 0 spiro atoms. The lowest BCUT2D eigenvalue weighted by Crippen LogP contribution is -1.99. The van der Waals surface area contributed by atoms with Crippen LogP contribution in [0.15, 0.2) is 84.9 Å². The molecule has 1 aromatic heterocycles. The van der Waals surface area contributed by atoms with E-state index in [0.717, 1.165) is 28.6 Å². The zero-order valence-corrected chi connectivity index (χ0v) is 13.1. The van der Waals surface area contributed by atoms with Gasteiger partial charge in [0.15, 0.2) is 0 Å². The molecule has 0 fully saturated rings. The number of benzene rings is 3. The number of rotatable bonds is 4. The molecule has 4 rings (SSSR count). The number of hydrogen-bond donors (Lipinski definition) is 0. The first-order valence-electron chi connectivity index (χ1n) is 7.91. The Morgan fingerprint density at radius 3 is 2.00 bits per heavy atom. The van der Waals surface area contributed by atoms with Gasteiger partial charge in [0.25, 0.3) is 0 Å². The van der Waals surface area contributed by atoms with Crippen molar-refractivity contribution in [3.05, 3.63) is 96.2 Å². The standard InChI is InChI=1S/C21H16N2O/c1-3-9-16(10-4-1)15-20-18-13-7-8-14-19(18)21(23-22-20)24-17-11-5-2-6-12-17/h1-14H,15H2. The van der Waals surface area contributed by atoms with E-state index in [-0.39, 0.29) is 0 Å². The predicted octanol–water partition coefficient (Wildman–Crippen LogP) is 5.01. The van der Waals surface area contributed by atoms with Crippen molar-refractivity contribution in [2.24, 2.45) is 0 Å². The lowest BCUT2D eigenvalue weighted by molar-refractivity contribution is 0.461. The maximum atomic E-state index is 5.92.